The molecule has 0 fully saturated rings. The number of aldehydes is 1. The van der Waals surface area contributed by atoms with Gasteiger partial charge in [-0.15, -0.1) is 0 Å². The Labute approximate surface area is 206 Å². The van der Waals surface area contributed by atoms with Gasteiger partial charge in [0.1, 0.15) is 12.9 Å². The van der Waals surface area contributed by atoms with Crippen LogP contribution in [0.4, 0.5) is 5.69 Å². The molecule has 1 heterocycles. The number of anilines is 1. The predicted octanol–water partition coefficient (Wildman–Crippen LogP) is 5.35. The van der Waals surface area contributed by atoms with Gasteiger partial charge in [-0.1, -0.05) is 91.0 Å². The summed E-state index contributed by atoms with van der Waals surface area (Å²) < 4.78 is 5.05. The first kappa shape index (κ1) is 24.1. The van der Waals surface area contributed by atoms with E-state index in [4.69, 9.17) is 4.74 Å². The summed E-state index contributed by atoms with van der Waals surface area (Å²) in [5, 5.41) is 0. The number of fused-ring (bicyclic) bond motifs is 1. The lowest BCUT2D eigenvalue weighted by Crippen LogP contribution is -2.44. The van der Waals surface area contributed by atoms with Gasteiger partial charge in [-0.05, 0) is 29.2 Å². The van der Waals surface area contributed by atoms with Gasteiger partial charge in [0.25, 0.3) is 0 Å². The van der Waals surface area contributed by atoms with Crippen molar-refractivity contribution in [3.8, 4) is 0 Å². The molecule has 0 spiro atoms. The second-order valence-electron chi connectivity index (χ2n) is 8.71. The van der Waals surface area contributed by atoms with Crippen LogP contribution in [-0.2, 0) is 31.1 Å². The van der Waals surface area contributed by atoms with E-state index in [1.54, 1.807) is 6.08 Å². The van der Waals surface area contributed by atoms with Crippen molar-refractivity contribution in [2.24, 2.45) is 0 Å². The van der Waals surface area contributed by atoms with E-state index in [0.717, 1.165) is 28.7 Å². The molecule has 3 aromatic rings. The summed E-state index contributed by atoms with van der Waals surface area (Å²) in [7, 11) is 0. The molecule has 0 unspecified atom stereocenters. The highest BCUT2D eigenvalue weighted by atomic mass is 16.5. The fourth-order valence-electron chi connectivity index (χ4n) is 5.06. The number of nitrogens with zero attached hydrogens (tertiary/aromatic N) is 1. The highest BCUT2D eigenvalue weighted by molar-refractivity contribution is 6.09. The number of allylic oxidation sites excluding steroid dienone is 1. The number of rotatable bonds is 10. The zero-order valence-corrected chi connectivity index (χ0v) is 19.8. The Morgan fingerprint density at radius 2 is 1.60 bits per heavy atom. The zero-order valence-electron chi connectivity index (χ0n) is 19.8. The van der Waals surface area contributed by atoms with E-state index in [0.29, 0.717) is 13.0 Å². The SMILES string of the molecule is CC(=O)OC/C=C\C[C@]1([C@@H](CC=O)c2ccccc2)C(=O)N(Cc2ccccc2)c2ccccc21. The molecule has 4 rings (SSSR count). The van der Waals surface area contributed by atoms with Crippen LogP contribution in [0.5, 0.6) is 0 Å². The van der Waals surface area contributed by atoms with Crippen molar-refractivity contribution >= 4 is 23.9 Å². The molecule has 0 aromatic heterocycles. The summed E-state index contributed by atoms with van der Waals surface area (Å²) in [6.07, 6.45) is 5.15. The van der Waals surface area contributed by atoms with Crippen molar-refractivity contribution in [1.82, 2.24) is 0 Å². The largest absolute Gasteiger partial charge is 0.462 e. The van der Waals surface area contributed by atoms with Gasteiger partial charge >= 0.3 is 5.97 Å². The highest BCUT2D eigenvalue weighted by Crippen LogP contribution is 2.53. The maximum Gasteiger partial charge on any atom is 0.302 e. The molecule has 0 bridgehead atoms. The molecule has 1 amide bonds. The standard InChI is InChI=1S/C30H29NO4/c1-23(33)35-21-11-10-19-30(26(18-20-32)25-14-6-3-7-15-25)27-16-8-9-17-28(27)31(29(30)34)22-24-12-4-2-5-13-24/h2-17,20,26H,18-19,21-22H2,1H3/b11-10-/t26-,30+/m0/s1. The first-order chi connectivity index (χ1) is 17.1. The molecule has 0 radical (unpaired) electrons. The van der Waals surface area contributed by atoms with Gasteiger partial charge in [-0.3, -0.25) is 9.59 Å². The monoisotopic (exact) mass is 467 g/mol. The Morgan fingerprint density at radius 1 is 0.943 bits per heavy atom. The van der Waals surface area contributed by atoms with Gasteiger partial charge in [0.2, 0.25) is 5.91 Å². The Morgan fingerprint density at radius 3 is 2.29 bits per heavy atom. The maximum absolute atomic E-state index is 14.4. The van der Waals surface area contributed by atoms with Crippen LogP contribution in [-0.4, -0.2) is 24.8 Å². The lowest BCUT2D eigenvalue weighted by atomic mass is 9.65. The second kappa shape index (κ2) is 11.0. The third-order valence-corrected chi connectivity index (χ3v) is 6.60. The average molecular weight is 468 g/mol. The normalized spacial score (nSPS) is 17.9. The Bertz CT molecular complexity index is 1210. The van der Waals surface area contributed by atoms with Crippen molar-refractivity contribution in [2.45, 2.75) is 37.6 Å². The van der Waals surface area contributed by atoms with E-state index in [-0.39, 0.29) is 30.8 Å². The number of amides is 1. The van der Waals surface area contributed by atoms with Crippen LogP contribution in [0.2, 0.25) is 0 Å². The Kier molecular flexibility index (Phi) is 7.56. The third-order valence-electron chi connectivity index (χ3n) is 6.60. The highest BCUT2D eigenvalue weighted by Gasteiger charge is 2.54. The smallest absolute Gasteiger partial charge is 0.302 e. The zero-order chi connectivity index (χ0) is 24.7. The van der Waals surface area contributed by atoms with Crippen molar-refractivity contribution in [3.63, 3.8) is 0 Å². The van der Waals surface area contributed by atoms with Gasteiger partial charge in [0.15, 0.2) is 0 Å². The van der Waals surface area contributed by atoms with E-state index in [9.17, 15) is 14.4 Å². The molecule has 0 N–H and O–H groups in total. The van der Waals surface area contributed by atoms with Crippen molar-refractivity contribution in [3.05, 3.63) is 114 Å². The summed E-state index contributed by atoms with van der Waals surface area (Å²) in [5.41, 5.74) is 2.77. The van der Waals surface area contributed by atoms with Crippen LogP contribution in [0.1, 0.15) is 42.4 Å². The van der Waals surface area contributed by atoms with Crippen LogP contribution in [0.15, 0.2) is 97.1 Å². The summed E-state index contributed by atoms with van der Waals surface area (Å²) in [6.45, 7) is 1.94. The van der Waals surface area contributed by atoms with Gasteiger partial charge in [-0.25, -0.2) is 0 Å². The summed E-state index contributed by atoms with van der Waals surface area (Å²) in [4.78, 5) is 39.4. The average Bonchev–Trinajstić information content (AvgIpc) is 3.11. The first-order valence-electron chi connectivity index (χ1n) is 11.8. The van der Waals surface area contributed by atoms with Crippen molar-refractivity contribution in [2.75, 3.05) is 11.5 Å². The first-order valence-corrected chi connectivity index (χ1v) is 11.8. The van der Waals surface area contributed by atoms with Crippen LogP contribution in [0, 0.1) is 0 Å². The van der Waals surface area contributed by atoms with E-state index < -0.39 is 5.41 Å². The van der Waals surface area contributed by atoms with Crippen molar-refractivity contribution < 1.29 is 19.1 Å². The Balaban J connectivity index is 1.83. The molecule has 0 saturated heterocycles. The van der Waals surface area contributed by atoms with Gasteiger partial charge in [0.05, 0.1) is 12.0 Å². The summed E-state index contributed by atoms with van der Waals surface area (Å²) in [5.74, 6) is -0.742. The molecule has 1 aliphatic rings. The fourth-order valence-corrected chi connectivity index (χ4v) is 5.06. The number of esters is 1. The van der Waals surface area contributed by atoms with Gasteiger partial charge in [-0.2, -0.15) is 0 Å². The Hall–Kier alpha value is -3.99. The molecule has 5 heteroatoms. The summed E-state index contributed by atoms with van der Waals surface area (Å²) >= 11 is 0. The van der Waals surface area contributed by atoms with Crippen LogP contribution in [0.3, 0.4) is 0 Å². The number of para-hydroxylation sites is 1. The molecule has 178 valence electrons. The summed E-state index contributed by atoms with van der Waals surface area (Å²) in [6, 6.07) is 27.5. The molecule has 0 aliphatic carbocycles. The quantitative estimate of drug-likeness (QED) is 0.229. The molecule has 35 heavy (non-hydrogen) atoms. The van der Waals surface area contributed by atoms with Crippen molar-refractivity contribution in [1.29, 1.82) is 0 Å². The van der Waals surface area contributed by atoms with Crippen LogP contribution in [0.25, 0.3) is 0 Å². The molecular weight excluding hydrogens is 438 g/mol. The van der Waals surface area contributed by atoms with Crippen LogP contribution < -0.4 is 4.90 Å². The minimum atomic E-state index is -0.972. The lowest BCUT2D eigenvalue weighted by molar-refractivity contribution is -0.139. The molecule has 0 saturated carbocycles. The van der Waals surface area contributed by atoms with Crippen LogP contribution >= 0.6 is 0 Å². The third kappa shape index (κ3) is 4.94. The fraction of sp³-hybridized carbons (Fsp3) is 0.233. The van der Waals surface area contributed by atoms with E-state index in [1.165, 1.54) is 6.92 Å². The molecule has 3 aromatic carbocycles. The van der Waals surface area contributed by atoms with Gasteiger partial charge < -0.3 is 14.4 Å². The van der Waals surface area contributed by atoms with E-state index in [1.807, 2.05) is 95.9 Å². The lowest BCUT2D eigenvalue weighted by Gasteiger charge is -2.36. The number of carbonyl (C=O) groups excluding carboxylic acids is 3. The number of benzene rings is 3. The molecule has 5 nitrogen and oxygen atoms in total. The number of hydrogen-bond acceptors (Lipinski definition) is 4. The predicted molar refractivity (Wildman–Crippen MR) is 136 cm³/mol. The second-order valence-corrected chi connectivity index (χ2v) is 8.71. The number of hydrogen-bond donors (Lipinski definition) is 0. The minimum absolute atomic E-state index is 0.0320. The van der Waals surface area contributed by atoms with E-state index in [2.05, 4.69) is 0 Å². The van der Waals surface area contributed by atoms with E-state index >= 15 is 0 Å². The molecular formula is C30H29NO4. The topological polar surface area (TPSA) is 63.7 Å². The molecule has 2 atom stereocenters. The number of carbonyl (C=O) groups is 3. The maximum atomic E-state index is 14.4. The minimum Gasteiger partial charge on any atom is -0.462 e. The van der Waals surface area contributed by atoms with Gasteiger partial charge in [0, 0.05) is 24.9 Å². The number of ether oxygens (including phenoxy) is 1. The molecule has 1 aliphatic heterocycles.